The molecule has 0 spiro atoms. The van der Waals surface area contributed by atoms with Crippen LogP contribution in [0, 0.1) is 5.82 Å². The minimum absolute atomic E-state index is 0.197. The first-order valence-corrected chi connectivity index (χ1v) is 8.31. The molecule has 3 aromatic rings. The highest BCUT2D eigenvalue weighted by Gasteiger charge is 2.12. The third-order valence-corrected chi connectivity index (χ3v) is 3.99. The molecule has 8 heteroatoms. The van der Waals surface area contributed by atoms with Crippen LogP contribution in [0.2, 0.25) is 5.02 Å². The number of methoxy groups -OCH3 is 1. The second-order valence-electron chi connectivity index (χ2n) is 5.62. The highest BCUT2D eigenvalue weighted by molar-refractivity contribution is 6.30. The van der Waals surface area contributed by atoms with Gasteiger partial charge in [-0.1, -0.05) is 11.6 Å². The Morgan fingerprint density at radius 2 is 1.93 bits per heavy atom. The number of halogens is 2. The topological polar surface area (TPSA) is 73.2 Å². The Bertz CT molecular complexity index is 1040. The van der Waals surface area contributed by atoms with Gasteiger partial charge in [0.2, 0.25) is 5.91 Å². The van der Waals surface area contributed by atoms with Crippen molar-refractivity contribution in [3.05, 3.63) is 75.8 Å². The molecule has 0 fully saturated rings. The molecule has 0 saturated carbocycles. The van der Waals surface area contributed by atoms with Gasteiger partial charge >= 0.3 is 0 Å². The molecule has 0 aliphatic heterocycles. The van der Waals surface area contributed by atoms with Crippen molar-refractivity contribution in [3.8, 4) is 17.0 Å². The number of anilines is 1. The number of hydrogen-bond donors (Lipinski definition) is 1. The van der Waals surface area contributed by atoms with Gasteiger partial charge in [-0.05, 0) is 42.5 Å². The number of hydrogen-bond acceptors (Lipinski definition) is 4. The fourth-order valence-corrected chi connectivity index (χ4v) is 2.53. The van der Waals surface area contributed by atoms with Gasteiger partial charge in [-0.25, -0.2) is 9.07 Å². The predicted molar refractivity (Wildman–Crippen MR) is 101 cm³/mol. The van der Waals surface area contributed by atoms with Crippen LogP contribution in [0.5, 0.6) is 5.75 Å². The van der Waals surface area contributed by atoms with Crippen LogP contribution in [0.15, 0.2) is 59.4 Å². The Morgan fingerprint density at radius 1 is 1.19 bits per heavy atom. The number of aromatic nitrogens is 2. The predicted octanol–water partition coefficient (Wildman–Crippen LogP) is 3.35. The third-order valence-electron chi connectivity index (χ3n) is 3.74. The van der Waals surface area contributed by atoms with E-state index < -0.39 is 17.3 Å². The molecule has 6 nitrogen and oxygen atoms in total. The molecule has 0 atom stereocenters. The van der Waals surface area contributed by atoms with Crippen molar-refractivity contribution in [2.75, 3.05) is 12.4 Å². The van der Waals surface area contributed by atoms with Crippen LogP contribution in [0.4, 0.5) is 10.1 Å². The molecule has 0 unspecified atom stereocenters. The van der Waals surface area contributed by atoms with E-state index in [9.17, 15) is 14.0 Å². The molecule has 27 heavy (non-hydrogen) atoms. The first kappa shape index (κ1) is 18.6. The Hall–Kier alpha value is -3.19. The van der Waals surface area contributed by atoms with E-state index in [0.717, 1.165) is 4.68 Å². The number of carbonyl (C=O) groups is 1. The van der Waals surface area contributed by atoms with E-state index in [2.05, 4.69) is 10.4 Å². The second-order valence-corrected chi connectivity index (χ2v) is 6.05. The molecule has 138 valence electrons. The lowest BCUT2D eigenvalue weighted by Crippen LogP contribution is -2.29. The van der Waals surface area contributed by atoms with Gasteiger partial charge in [0.15, 0.2) is 0 Å². The SMILES string of the molecule is COc1ccc(-c2ccc(=O)n(CC(=O)Nc3ccc(Cl)cc3)n2)c(F)c1. The highest BCUT2D eigenvalue weighted by atomic mass is 35.5. The van der Waals surface area contributed by atoms with Crippen LogP contribution in [0.3, 0.4) is 0 Å². The van der Waals surface area contributed by atoms with Gasteiger partial charge < -0.3 is 10.1 Å². The summed E-state index contributed by atoms with van der Waals surface area (Å²) < 4.78 is 20.2. The maximum atomic E-state index is 14.2. The fraction of sp³-hybridized carbons (Fsp3) is 0.105. The molecule has 1 N–H and O–H groups in total. The first-order chi connectivity index (χ1) is 13.0. The maximum Gasteiger partial charge on any atom is 0.267 e. The number of nitrogens with one attached hydrogen (secondary N) is 1. The normalized spacial score (nSPS) is 10.5. The number of rotatable bonds is 5. The van der Waals surface area contributed by atoms with E-state index in [0.29, 0.717) is 16.5 Å². The fourth-order valence-electron chi connectivity index (χ4n) is 2.41. The number of ether oxygens (including phenoxy) is 1. The summed E-state index contributed by atoms with van der Waals surface area (Å²) in [5.41, 5.74) is 0.491. The zero-order valence-corrected chi connectivity index (χ0v) is 15.0. The van der Waals surface area contributed by atoms with Crippen LogP contribution < -0.4 is 15.6 Å². The van der Waals surface area contributed by atoms with Crippen molar-refractivity contribution in [2.45, 2.75) is 6.54 Å². The summed E-state index contributed by atoms with van der Waals surface area (Å²) in [5.74, 6) is -0.621. The zero-order chi connectivity index (χ0) is 19.4. The average Bonchev–Trinajstić information content (AvgIpc) is 2.65. The molecular formula is C19H15ClFN3O3. The maximum absolute atomic E-state index is 14.2. The number of nitrogens with zero attached hydrogens (tertiary/aromatic N) is 2. The van der Waals surface area contributed by atoms with Crippen LogP contribution in [-0.2, 0) is 11.3 Å². The van der Waals surface area contributed by atoms with Gasteiger partial charge in [-0.2, -0.15) is 5.10 Å². The van der Waals surface area contributed by atoms with Crippen molar-refractivity contribution >= 4 is 23.2 Å². The van der Waals surface area contributed by atoms with Gasteiger partial charge in [0.25, 0.3) is 5.56 Å². The van der Waals surface area contributed by atoms with Crippen molar-refractivity contribution < 1.29 is 13.9 Å². The number of amides is 1. The van der Waals surface area contributed by atoms with Crippen LogP contribution in [0.1, 0.15) is 0 Å². The Kier molecular flexibility index (Phi) is 5.52. The van der Waals surface area contributed by atoms with Crippen molar-refractivity contribution in [3.63, 3.8) is 0 Å². The summed E-state index contributed by atoms with van der Waals surface area (Å²) in [6.45, 7) is -0.312. The van der Waals surface area contributed by atoms with E-state index in [4.69, 9.17) is 16.3 Å². The summed E-state index contributed by atoms with van der Waals surface area (Å²) in [4.78, 5) is 24.2. The lowest BCUT2D eigenvalue weighted by Gasteiger charge is -2.09. The van der Waals surface area contributed by atoms with Crippen LogP contribution in [0.25, 0.3) is 11.3 Å². The van der Waals surface area contributed by atoms with E-state index in [1.165, 1.54) is 31.4 Å². The van der Waals surface area contributed by atoms with Crippen molar-refractivity contribution in [1.82, 2.24) is 9.78 Å². The van der Waals surface area contributed by atoms with Gasteiger partial charge in [0.05, 0.1) is 12.8 Å². The van der Waals surface area contributed by atoms with Crippen LogP contribution >= 0.6 is 11.6 Å². The largest absolute Gasteiger partial charge is 0.497 e. The second kappa shape index (κ2) is 8.01. The van der Waals surface area contributed by atoms with E-state index in [-0.39, 0.29) is 17.8 Å². The molecule has 0 aliphatic rings. The molecule has 0 radical (unpaired) electrons. The molecule has 2 aromatic carbocycles. The zero-order valence-electron chi connectivity index (χ0n) is 14.3. The molecule has 0 saturated heterocycles. The highest BCUT2D eigenvalue weighted by Crippen LogP contribution is 2.24. The lowest BCUT2D eigenvalue weighted by atomic mass is 10.1. The quantitative estimate of drug-likeness (QED) is 0.728. The Labute approximate surface area is 159 Å². The molecule has 1 amide bonds. The number of carbonyl (C=O) groups excluding carboxylic acids is 1. The summed E-state index contributed by atoms with van der Waals surface area (Å²) in [6.07, 6.45) is 0. The monoisotopic (exact) mass is 387 g/mol. The van der Waals surface area contributed by atoms with E-state index in [1.807, 2.05) is 0 Å². The Balaban J connectivity index is 1.82. The molecule has 1 aromatic heterocycles. The van der Waals surface area contributed by atoms with Gasteiger partial charge in [0.1, 0.15) is 18.1 Å². The van der Waals surface area contributed by atoms with Crippen molar-refractivity contribution in [2.24, 2.45) is 0 Å². The van der Waals surface area contributed by atoms with Gasteiger partial charge in [-0.15, -0.1) is 0 Å². The minimum atomic E-state index is -0.544. The minimum Gasteiger partial charge on any atom is -0.497 e. The standard InChI is InChI=1S/C19H15ClFN3O3/c1-27-14-6-7-15(16(21)10-14)17-8-9-19(26)24(23-17)11-18(25)22-13-4-2-12(20)3-5-13/h2-10H,11H2,1H3,(H,22,25). The third kappa shape index (κ3) is 4.51. The summed E-state index contributed by atoms with van der Waals surface area (Å²) in [5, 5.41) is 7.28. The first-order valence-electron chi connectivity index (χ1n) is 7.94. The number of benzene rings is 2. The van der Waals surface area contributed by atoms with E-state index >= 15 is 0 Å². The van der Waals surface area contributed by atoms with E-state index in [1.54, 1.807) is 30.3 Å². The van der Waals surface area contributed by atoms with Crippen LogP contribution in [-0.4, -0.2) is 22.8 Å². The van der Waals surface area contributed by atoms with Gasteiger partial charge in [0, 0.05) is 28.4 Å². The summed E-state index contributed by atoms with van der Waals surface area (Å²) in [6, 6.07) is 13.5. The molecule has 1 heterocycles. The van der Waals surface area contributed by atoms with Gasteiger partial charge in [-0.3, -0.25) is 9.59 Å². The molecular weight excluding hydrogens is 373 g/mol. The lowest BCUT2D eigenvalue weighted by molar-refractivity contribution is -0.117. The molecule has 0 aliphatic carbocycles. The van der Waals surface area contributed by atoms with Crippen molar-refractivity contribution in [1.29, 1.82) is 0 Å². The molecule has 3 rings (SSSR count). The Morgan fingerprint density at radius 3 is 2.59 bits per heavy atom. The summed E-state index contributed by atoms with van der Waals surface area (Å²) >= 11 is 5.80. The molecule has 0 bridgehead atoms. The summed E-state index contributed by atoms with van der Waals surface area (Å²) in [7, 11) is 1.44. The average molecular weight is 388 g/mol. The smallest absolute Gasteiger partial charge is 0.267 e.